The van der Waals surface area contributed by atoms with Gasteiger partial charge in [0.2, 0.25) is 0 Å². The molecule has 0 radical (unpaired) electrons. The second kappa shape index (κ2) is 4.38. The van der Waals surface area contributed by atoms with Crippen molar-refractivity contribution in [1.29, 1.82) is 0 Å². The Morgan fingerprint density at radius 2 is 2.11 bits per heavy atom. The fourth-order valence-electron chi connectivity index (χ4n) is 2.18. The number of nitrogens with one attached hydrogen (secondary N) is 1. The Kier molecular flexibility index (Phi) is 2.72. The van der Waals surface area contributed by atoms with Crippen LogP contribution in [0.4, 0.5) is 0 Å². The van der Waals surface area contributed by atoms with Crippen molar-refractivity contribution >= 4 is 16.8 Å². The van der Waals surface area contributed by atoms with Gasteiger partial charge in [0.1, 0.15) is 0 Å². The van der Waals surface area contributed by atoms with Crippen LogP contribution in [-0.2, 0) is 0 Å². The van der Waals surface area contributed by atoms with Crippen LogP contribution in [0.3, 0.4) is 0 Å². The van der Waals surface area contributed by atoms with Gasteiger partial charge < -0.3 is 10.2 Å². The summed E-state index contributed by atoms with van der Waals surface area (Å²) in [5, 5.41) is 4.18. The quantitative estimate of drug-likeness (QED) is 0.861. The molecule has 1 aliphatic heterocycles. The van der Waals surface area contributed by atoms with E-state index in [1.54, 1.807) is 11.1 Å². The van der Waals surface area contributed by atoms with Crippen LogP contribution >= 0.6 is 0 Å². The summed E-state index contributed by atoms with van der Waals surface area (Å²) in [4.78, 5) is 18.6. The Labute approximate surface area is 106 Å². The zero-order valence-corrected chi connectivity index (χ0v) is 10.3. The minimum Gasteiger partial charge on any atom is -0.336 e. The Balaban J connectivity index is 2.00. The lowest BCUT2D eigenvalue weighted by atomic mass is 10.1. The maximum atomic E-state index is 12.5. The molecule has 0 bridgehead atoms. The number of rotatable bonds is 2. The number of pyridine rings is 1. The SMILES string of the molecule is CN(C(=O)c1cccc2cccnc12)C1CNC1. The van der Waals surface area contributed by atoms with Crippen molar-refractivity contribution in [1.82, 2.24) is 15.2 Å². The van der Waals surface area contributed by atoms with Crippen LogP contribution in [0.25, 0.3) is 10.9 Å². The highest BCUT2D eigenvalue weighted by atomic mass is 16.2. The smallest absolute Gasteiger partial charge is 0.256 e. The number of hydrogen-bond acceptors (Lipinski definition) is 3. The van der Waals surface area contributed by atoms with Gasteiger partial charge in [-0.05, 0) is 12.1 Å². The van der Waals surface area contributed by atoms with Crippen molar-refractivity contribution in [2.45, 2.75) is 6.04 Å². The van der Waals surface area contributed by atoms with E-state index < -0.39 is 0 Å². The van der Waals surface area contributed by atoms with E-state index in [0.717, 1.165) is 24.0 Å². The second-order valence-electron chi connectivity index (χ2n) is 4.61. The molecular formula is C14H15N3O. The topological polar surface area (TPSA) is 45.2 Å². The van der Waals surface area contributed by atoms with Crippen LogP contribution in [0.2, 0.25) is 0 Å². The molecule has 1 fully saturated rings. The standard InChI is InChI=1S/C14H15N3O/c1-17(11-8-15-9-11)14(18)12-6-2-4-10-5-3-7-16-13(10)12/h2-7,11,15H,8-9H2,1H3. The molecule has 4 nitrogen and oxygen atoms in total. The van der Waals surface area contributed by atoms with E-state index in [1.807, 2.05) is 37.4 Å². The van der Waals surface area contributed by atoms with E-state index in [2.05, 4.69) is 10.3 Å². The highest BCUT2D eigenvalue weighted by Gasteiger charge is 2.26. The Morgan fingerprint density at radius 1 is 1.33 bits per heavy atom. The lowest BCUT2D eigenvalue weighted by molar-refractivity contribution is 0.0683. The highest BCUT2D eigenvalue weighted by Crippen LogP contribution is 2.18. The Hall–Kier alpha value is -1.94. The van der Waals surface area contributed by atoms with Gasteiger partial charge in [-0.15, -0.1) is 0 Å². The third-order valence-electron chi connectivity index (χ3n) is 3.49. The minimum absolute atomic E-state index is 0.0470. The summed E-state index contributed by atoms with van der Waals surface area (Å²) in [5.74, 6) is 0.0470. The number of carbonyl (C=O) groups is 1. The summed E-state index contributed by atoms with van der Waals surface area (Å²) in [7, 11) is 1.86. The van der Waals surface area contributed by atoms with Crippen molar-refractivity contribution in [3.8, 4) is 0 Å². The second-order valence-corrected chi connectivity index (χ2v) is 4.61. The number of amides is 1. The number of hydrogen-bond donors (Lipinski definition) is 1. The van der Waals surface area contributed by atoms with Crippen LogP contribution in [-0.4, -0.2) is 42.0 Å². The van der Waals surface area contributed by atoms with Gasteiger partial charge in [0, 0.05) is 31.7 Å². The first-order valence-corrected chi connectivity index (χ1v) is 6.09. The predicted octanol–water partition coefficient (Wildman–Crippen LogP) is 1.28. The fourth-order valence-corrected chi connectivity index (χ4v) is 2.18. The third kappa shape index (κ3) is 1.75. The van der Waals surface area contributed by atoms with E-state index >= 15 is 0 Å². The molecule has 1 aliphatic rings. The normalized spacial score (nSPS) is 15.4. The van der Waals surface area contributed by atoms with Crippen molar-refractivity contribution in [2.75, 3.05) is 20.1 Å². The van der Waals surface area contributed by atoms with Gasteiger partial charge in [0.05, 0.1) is 17.1 Å². The van der Waals surface area contributed by atoms with Crippen molar-refractivity contribution < 1.29 is 4.79 Å². The van der Waals surface area contributed by atoms with Gasteiger partial charge in [0.15, 0.2) is 0 Å². The monoisotopic (exact) mass is 241 g/mol. The van der Waals surface area contributed by atoms with Gasteiger partial charge >= 0.3 is 0 Å². The average molecular weight is 241 g/mol. The van der Waals surface area contributed by atoms with Crippen LogP contribution < -0.4 is 5.32 Å². The maximum absolute atomic E-state index is 12.5. The predicted molar refractivity (Wildman–Crippen MR) is 70.5 cm³/mol. The average Bonchev–Trinajstić information content (AvgIpc) is 2.35. The molecule has 18 heavy (non-hydrogen) atoms. The summed E-state index contributed by atoms with van der Waals surface area (Å²) in [6.45, 7) is 1.75. The summed E-state index contributed by atoms with van der Waals surface area (Å²) >= 11 is 0. The molecule has 0 saturated carbocycles. The number of fused-ring (bicyclic) bond motifs is 1. The summed E-state index contributed by atoms with van der Waals surface area (Å²) in [5.41, 5.74) is 1.46. The van der Waals surface area contributed by atoms with E-state index in [-0.39, 0.29) is 5.91 Å². The molecule has 0 aliphatic carbocycles. The Morgan fingerprint density at radius 3 is 2.83 bits per heavy atom. The number of nitrogens with zero attached hydrogens (tertiary/aromatic N) is 2. The lowest BCUT2D eigenvalue weighted by Crippen LogP contribution is -2.57. The molecule has 0 atom stereocenters. The number of para-hydroxylation sites is 1. The molecular weight excluding hydrogens is 226 g/mol. The van der Waals surface area contributed by atoms with Gasteiger partial charge in [0.25, 0.3) is 5.91 Å². The molecule has 1 aromatic carbocycles. The molecule has 1 saturated heterocycles. The fraction of sp³-hybridized carbons (Fsp3) is 0.286. The maximum Gasteiger partial charge on any atom is 0.256 e. The summed E-state index contributed by atoms with van der Waals surface area (Å²) in [6, 6.07) is 9.89. The van der Waals surface area contributed by atoms with Crippen molar-refractivity contribution in [2.24, 2.45) is 0 Å². The molecule has 0 spiro atoms. The van der Waals surface area contributed by atoms with Crippen LogP contribution in [0.15, 0.2) is 36.5 Å². The summed E-state index contributed by atoms with van der Waals surface area (Å²) < 4.78 is 0. The van der Waals surface area contributed by atoms with Gasteiger partial charge in [-0.3, -0.25) is 9.78 Å². The largest absolute Gasteiger partial charge is 0.336 e. The number of carbonyl (C=O) groups excluding carboxylic acids is 1. The van der Waals surface area contributed by atoms with Crippen LogP contribution in [0, 0.1) is 0 Å². The van der Waals surface area contributed by atoms with Gasteiger partial charge in [-0.1, -0.05) is 18.2 Å². The zero-order chi connectivity index (χ0) is 12.5. The molecule has 3 rings (SSSR count). The van der Waals surface area contributed by atoms with E-state index in [1.165, 1.54) is 0 Å². The van der Waals surface area contributed by atoms with Crippen molar-refractivity contribution in [3.05, 3.63) is 42.1 Å². The van der Waals surface area contributed by atoms with E-state index in [4.69, 9.17) is 0 Å². The summed E-state index contributed by atoms with van der Waals surface area (Å²) in [6.07, 6.45) is 1.73. The third-order valence-corrected chi connectivity index (χ3v) is 3.49. The number of likely N-dealkylation sites (N-methyl/N-ethyl adjacent to an activating group) is 1. The number of benzene rings is 1. The first-order valence-electron chi connectivity index (χ1n) is 6.09. The molecule has 2 aromatic rings. The molecule has 1 amide bonds. The van der Waals surface area contributed by atoms with E-state index in [9.17, 15) is 4.79 Å². The lowest BCUT2D eigenvalue weighted by Gasteiger charge is -2.35. The number of aromatic nitrogens is 1. The molecule has 1 aromatic heterocycles. The van der Waals surface area contributed by atoms with Gasteiger partial charge in [-0.25, -0.2) is 0 Å². The molecule has 1 N–H and O–H groups in total. The van der Waals surface area contributed by atoms with Gasteiger partial charge in [-0.2, -0.15) is 0 Å². The van der Waals surface area contributed by atoms with E-state index in [0.29, 0.717) is 11.6 Å². The molecule has 4 heteroatoms. The zero-order valence-electron chi connectivity index (χ0n) is 10.3. The van der Waals surface area contributed by atoms with Crippen molar-refractivity contribution in [3.63, 3.8) is 0 Å². The van der Waals surface area contributed by atoms with Crippen LogP contribution in [0.1, 0.15) is 10.4 Å². The Bertz CT molecular complexity index is 587. The molecule has 0 unspecified atom stereocenters. The minimum atomic E-state index is 0.0470. The molecule has 2 heterocycles. The highest BCUT2D eigenvalue weighted by molar-refractivity contribution is 6.05. The first-order chi connectivity index (χ1) is 8.77. The molecule has 92 valence electrons. The first kappa shape index (κ1) is 11.2. The van der Waals surface area contributed by atoms with Crippen LogP contribution in [0.5, 0.6) is 0 Å².